The molecule has 318 valence electrons. The van der Waals surface area contributed by atoms with Gasteiger partial charge in [-0.05, 0) is 105 Å². The quantitative estimate of drug-likeness (QED) is 0.156. The van der Waals surface area contributed by atoms with Crippen LogP contribution >= 0.6 is 0 Å². The molecule has 0 saturated heterocycles. The van der Waals surface area contributed by atoms with Crippen molar-refractivity contribution in [2.45, 2.75) is 105 Å². The lowest BCUT2D eigenvalue weighted by atomic mass is 9.36. The minimum absolute atomic E-state index is 0.00177. The summed E-state index contributed by atoms with van der Waals surface area (Å²) in [5, 5.41) is 2.46. The molecule has 5 heteroatoms. The molecule has 6 aromatic carbocycles. The number of para-hydroxylation sites is 1. The lowest BCUT2D eigenvalue weighted by Crippen LogP contribution is -2.52. The number of aromatic nitrogens is 2. The van der Waals surface area contributed by atoms with Crippen LogP contribution in [0.5, 0.6) is 0 Å². The Hall–Kier alpha value is -6.07. The van der Waals surface area contributed by atoms with E-state index in [0.717, 1.165) is 16.9 Å². The fraction of sp³-hybridized carbons (Fsp3) is 0.293. The van der Waals surface area contributed by atoms with E-state index in [1.54, 1.807) is 0 Å². The van der Waals surface area contributed by atoms with Crippen LogP contribution in [0.1, 0.15) is 105 Å². The molecule has 0 saturated carbocycles. The Balaban J connectivity index is 1.26. The van der Waals surface area contributed by atoms with Crippen molar-refractivity contribution in [3.05, 3.63) is 174 Å². The zero-order valence-corrected chi connectivity index (χ0v) is 39.5. The van der Waals surface area contributed by atoms with E-state index in [1.807, 2.05) is 6.20 Å². The van der Waals surface area contributed by atoms with Crippen LogP contribution in [0, 0.1) is 0 Å². The van der Waals surface area contributed by atoms with Crippen LogP contribution in [0.4, 0.5) is 22.7 Å². The largest absolute Gasteiger partial charge is 0.321 e. The molecule has 8 aromatic rings. The summed E-state index contributed by atoms with van der Waals surface area (Å²) >= 11 is 0. The molecule has 0 radical (unpaired) electrons. The number of anilines is 4. The molecule has 0 N–H and O–H groups in total. The second kappa shape index (κ2) is 15.3. The number of benzene rings is 6. The summed E-state index contributed by atoms with van der Waals surface area (Å²) in [5.41, 5.74) is 16.2. The van der Waals surface area contributed by atoms with E-state index in [1.165, 1.54) is 72.2 Å². The molecule has 1 aliphatic heterocycles. The summed E-state index contributed by atoms with van der Waals surface area (Å²) in [6, 6.07) is 55.1. The third-order valence-corrected chi connectivity index (χ3v) is 13.2. The third kappa shape index (κ3) is 7.96. The zero-order valence-electron chi connectivity index (χ0n) is 39.5. The first kappa shape index (κ1) is 42.2. The van der Waals surface area contributed by atoms with Crippen LogP contribution in [0.3, 0.4) is 0 Å². The summed E-state index contributed by atoms with van der Waals surface area (Å²) in [7, 11) is 0. The lowest BCUT2D eigenvalue weighted by Gasteiger charge is -2.28. The van der Waals surface area contributed by atoms with Crippen molar-refractivity contribution in [2.24, 2.45) is 0 Å². The molecule has 0 spiro atoms. The molecule has 4 nitrogen and oxygen atoms in total. The average molecular weight is 827 g/mol. The first-order chi connectivity index (χ1) is 29.8. The van der Waals surface area contributed by atoms with Gasteiger partial charge in [0.1, 0.15) is 12.5 Å². The van der Waals surface area contributed by atoms with E-state index < -0.39 is 0 Å². The smallest absolute Gasteiger partial charge is 0.241 e. The minimum Gasteiger partial charge on any atom is -0.321 e. The number of rotatable bonds is 6. The van der Waals surface area contributed by atoms with E-state index in [9.17, 15) is 0 Å². The van der Waals surface area contributed by atoms with E-state index in [0.29, 0.717) is 6.67 Å². The first-order valence-electron chi connectivity index (χ1n) is 22.8. The van der Waals surface area contributed by atoms with E-state index in [-0.39, 0.29) is 28.4 Å². The van der Waals surface area contributed by atoms with Gasteiger partial charge in [-0.2, -0.15) is 0 Å². The Kier molecular flexibility index (Phi) is 10.3. The van der Waals surface area contributed by atoms with Crippen LogP contribution in [0.25, 0.3) is 27.6 Å². The van der Waals surface area contributed by atoms with Crippen molar-refractivity contribution in [2.75, 3.05) is 16.5 Å². The maximum absolute atomic E-state index is 5.02. The van der Waals surface area contributed by atoms with Gasteiger partial charge in [0.15, 0.2) is 0 Å². The van der Waals surface area contributed by atoms with Crippen LogP contribution in [0.15, 0.2) is 152 Å². The van der Waals surface area contributed by atoms with Gasteiger partial charge >= 0.3 is 0 Å². The standard InChI is InChI=1S/C58H63BN4/c1-55(2,3)39-19-18-22-46(32-39)61-38-62(53-34-40(56(4,5)6)25-28-51(53)61)47-33-42(58(10,11)12)31-45(36-47)59(43-20-14-13-15-21-43)44-26-27-49-48-23-16-17-24-50(48)63(52(49)37-44)54-35-41(29-30-60-54)57(7,8)9/h13-37H,38H2,1-12H3. The van der Waals surface area contributed by atoms with Gasteiger partial charge in [0, 0.05) is 28.3 Å². The first-order valence-corrected chi connectivity index (χ1v) is 22.8. The Bertz CT molecular complexity index is 2990. The van der Waals surface area contributed by atoms with Crippen LogP contribution in [-0.4, -0.2) is 22.9 Å². The van der Waals surface area contributed by atoms with Gasteiger partial charge in [-0.15, -0.1) is 0 Å². The Morgan fingerprint density at radius 3 is 1.75 bits per heavy atom. The number of hydrogen-bond acceptors (Lipinski definition) is 3. The van der Waals surface area contributed by atoms with Gasteiger partial charge in [-0.25, -0.2) is 4.98 Å². The third-order valence-electron chi connectivity index (χ3n) is 13.2. The average Bonchev–Trinajstić information content (AvgIpc) is 3.79. The normalized spacial score (nSPS) is 13.6. The van der Waals surface area contributed by atoms with Gasteiger partial charge in [-0.3, -0.25) is 4.57 Å². The topological polar surface area (TPSA) is 24.3 Å². The second-order valence-corrected chi connectivity index (χ2v) is 21.9. The lowest BCUT2D eigenvalue weighted by molar-refractivity contribution is 0.588. The maximum atomic E-state index is 5.02. The highest BCUT2D eigenvalue weighted by atomic mass is 15.4. The molecule has 2 aromatic heterocycles. The highest BCUT2D eigenvalue weighted by Crippen LogP contribution is 2.47. The van der Waals surface area contributed by atoms with Gasteiger partial charge in [-0.1, -0.05) is 184 Å². The van der Waals surface area contributed by atoms with Gasteiger partial charge in [0.05, 0.1) is 22.4 Å². The van der Waals surface area contributed by atoms with Crippen molar-refractivity contribution in [3.8, 4) is 5.82 Å². The summed E-state index contributed by atoms with van der Waals surface area (Å²) in [6.45, 7) is 28.4. The summed E-state index contributed by atoms with van der Waals surface area (Å²) in [5.74, 6) is 0.943. The highest BCUT2D eigenvalue weighted by molar-refractivity contribution is 6.95. The fourth-order valence-corrected chi connectivity index (χ4v) is 9.34. The Morgan fingerprint density at radius 2 is 1.03 bits per heavy atom. The number of nitrogens with zero attached hydrogens (tertiary/aromatic N) is 4. The predicted molar refractivity (Wildman–Crippen MR) is 273 cm³/mol. The number of hydrogen-bond donors (Lipinski definition) is 0. The minimum atomic E-state index is -0.0946. The van der Waals surface area contributed by atoms with Crippen molar-refractivity contribution >= 4 is 67.7 Å². The predicted octanol–water partition coefficient (Wildman–Crippen LogP) is 13.1. The molecule has 0 atom stereocenters. The van der Waals surface area contributed by atoms with Crippen LogP contribution < -0.4 is 26.2 Å². The molecular weight excluding hydrogens is 763 g/mol. The SMILES string of the molecule is CC(C)(C)c1cccc(N2CN(c3cc(B(c4ccccc4)c4ccc5c6ccccc6n(-c6cc(C(C)(C)C)ccn6)c5c4)cc(C(C)(C)C)c3)c3cc(C(C)(C)C)ccc32)c1. The second-order valence-electron chi connectivity index (χ2n) is 21.9. The molecule has 0 unspecified atom stereocenters. The van der Waals surface area contributed by atoms with Gasteiger partial charge in [0.2, 0.25) is 6.71 Å². The summed E-state index contributed by atoms with van der Waals surface area (Å²) in [4.78, 5) is 10.1. The molecule has 0 aliphatic carbocycles. The fourth-order valence-electron chi connectivity index (χ4n) is 9.34. The summed E-state index contributed by atoms with van der Waals surface area (Å²) in [6.07, 6.45) is 1.97. The maximum Gasteiger partial charge on any atom is 0.241 e. The Morgan fingerprint density at radius 1 is 0.413 bits per heavy atom. The zero-order chi connectivity index (χ0) is 44.6. The van der Waals surface area contributed by atoms with Crippen molar-refractivity contribution < 1.29 is 0 Å². The van der Waals surface area contributed by atoms with Crippen molar-refractivity contribution in [1.29, 1.82) is 0 Å². The van der Waals surface area contributed by atoms with E-state index in [4.69, 9.17) is 4.98 Å². The molecule has 0 fully saturated rings. The van der Waals surface area contributed by atoms with Gasteiger partial charge < -0.3 is 9.80 Å². The van der Waals surface area contributed by atoms with Crippen LogP contribution in [0.2, 0.25) is 0 Å². The Labute approximate surface area is 376 Å². The van der Waals surface area contributed by atoms with E-state index in [2.05, 4.69) is 243 Å². The van der Waals surface area contributed by atoms with Crippen LogP contribution in [-0.2, 0) is 21.7 Å². The monoisotopic (exact) mass is 827 g/mol. The molecule has 63 heavy (non-hydrogen) atoms. The number of fused-ring (bicyclic) bond motifs is 4. The molecule has 3 heterocycles. The van der Waals surface area contributed by atoms with Crippen molar-refractivity contribution in [3.63, 3.8) is 0 Å². The van der Waals surface area contributed by atoms with E-state index >= 15 is 0 Å². The molecule has 0 bridgehead atoms. The molecule has 0 amide bonds. The van der Waals surface area contributed by atoms with Crippen molar-refractivity contribution in [1.82, 2.24) is 9.55 Å². The molecule has 1 aliphatic rings. The van der Waals surface area contributed by atoms with Gasteiger partial charge in [0.25, 0.3) is 0 Å². The molecular formula is C58H63BN4. The highest BCUT2D eigenvalue weighted by Gasteiger charge is 2.33. The number of pyridine rings is 1. The summed E-state index contributed by atoms with van der Waals surface area (Å²) < 4.78 is 2.37. The molecule has 9 rings (SSSR count).